The van der Waals surface area contributed by atoms with E-state index in [2.05, 4.69) is 5.32 Å². The zero-order chi connectivity index (χ0) is 25.5. The zero-order valence-electron chi connectivity index (χ0n) is 20.4. The zero-order valence-corrected chi connectivity index (χ0v) is 22.0. The second-order valence-electron chi connectivity index (χ2n) is 8.76. The van der Waals surface area contributed by atoms with Gasteiger partial charge in [-0.25, -0.2) is 8.42 Å². The number of halogens is 1. The third-order valence-corrected chi connectivity index (χ3v) is 6.78. The summed E-state index contributed by atoms with van der Waals surface area (Å²) in [7, 11) is -3.75. The van der Waals surface area contributed by atoms with Crippen LogP contribution < -0.4 is 9.62 Å². The number of amides is 2. The lowest BCUT2D eigenvalue weighted by Gasteiger charge is -2.31. The molecule has 2 rings (SSSR count). The van der Waals surface area contributed by atoms with Crippen LogP contribution in [0, 0.1) is 5.92 Å². The molecule has 0 aliphatic rings. The molecule has 0 bridgehead atoms. The molecular weight excluding hydrogens is 474 g/mol. The molecule has 186 valence electrons. The fourth-order valence-electron chi connectivity index (χ4n) is 3.38. The molecule has 0 spiro atoms. The Hall–Kier alpha value is -2.58. The molecular formula is C25H34ClN3O4S. The molecule has 0 saturated heterocycles. The standard InChI is InChI=1S/C25H34ClN3O4S/c1-6-20-10-12-23(13-11-20)29(34(5,32)33)17-24(30)28(16-21-8-7-9-22(26)14-21)19(4)25(31)27-15-18(2)3/h7-14,18-19H,6,15-17H2,1-5H3,(H,27,31)/t19-/m0/s1. The van der Waals surface area contributed by atoms with Crippen molar-refractivity contribution in [3.8, 4) is 0 Å². The van der Waals surface area contributed by atoms with Crippen molar-refractivity contribution in [1.29, 1.82) is 0 Å². The maximum absolute atomic E-state index is 13.5. The quantitative estimate of drug-likeness (QED) is 0.500. The van der Waals surface area contributed by atoms with Gasteiger partial charge in [-0.15, -0.1) is 0 Å². The lowest BCUT2D eigenvalue weighted by molar-refractivity contribution is -0.139. The number of carbonyl (C=O) groups is 2. The monoisotopic (exact) mass is 507 g/mol. The van der Waals surface area contributed by atoms with Gasteiger partial charge in [0.2, 0.25) is 21.8 Å². The Morgan fingerprint density at radius 1 is 1.03 bits per heavy atom. The van der Waals surface area contributed by atoms with Crippen molar-refractivity contribution in [2.45, 2.75) is 46.7 Å². The Kier molecular flexibility index (Phi) is 9.94. The van der Waals surface area contributed by atoms with Gasteiger partial charge < -0.3 is 10.2 Å². The number of hydrogen-bond donors (Lipinski definition) is 1. The van der Waals surface area contributed by atoms with Crippen molar-refractivity contribution >= 4 is 39.1 Å². The fraction of sp³-hybridized carbons (Fsp3) is 0.440. The molecule has 9 heteroatoms. The van der Waals surface area contributed by atoms with Crippen molar-refractivity contribution in [3.63, 3.8) is 0 Å². The van der Waals surface area contributed by atoms with E-state index < -0.39 is 28.5 Å². The predicted molar refractivity (Wildman–Crippen MR) is 137 cm³/mol. The largest absolute Gasteiger partial charge is 0.354 e. The Bertz CT molecular complexity index is 1090. The van der Waals surface area contributed by atoms with E-state index in [1.165, 1.54) is 4.90 Å². The van der Waals surface area contributed by atoms with Gasteiger partial charge in [-0.3, -0.25) is 13.9 Å². The maximum Gasteiger partial charge on any atom is 0.244 e. The van der Waals surface area contributed by atoms with Gasteiger partial charge in [0.1, 0.15) is 12.6 Å². The molecule has 0 radical (unpaired) electrons. The summed E-state index contributed by atoms with van der Waals surface area (Å²) in [6.07, 6.45) is 1.88. The van der Waals surface area contributed by atoms with E-state index in [0.29, 0.717) is 17.3 Å². The lowest BCUT2D eigenvalue weighted by atomic mass is 10.1. The summed E-state index contributed by atoms with van der Waals surface area (Å²) in [5.41, 5.74) is 2.19. The number of anilines is 1. The number of rotatable bonds is 11. The number of aryl methyl sites for hydroxylation is 1. The highest BCUT2D eigenvalue weighted by Gasteiger charge is 2.30. The van der Waals surface area contributed by atoms with Gasteiger partial charge >= 0.3 is 0 Å². The van der Waals surface area contributed by atoms with E-state index in [9.17, 15) is 18.0 Å². The summed E-state index contributed by atoms with van der Waals surface area (Å²) in [4.78, 5) is 27.7. The van der Waals surface area contributed by atoms with Gasteiger partial charge in [0.05, 0.1) is 11.9 Å². The minimum absolute atomic E-state index is 0.113. The first-order valence-electron chi connectivity index (χ1n) is 11.3. The molecule has 2 amide bonds. The van der Waals surface area contributed by atoms with Gasteiger partial charge in [0.15, 0.2) is 0 Å². The van der Waals surface area contributed by atoms with Crippen LogP contribution in [0.1, 0.15) is 38.8 Å². The van der Waals surface area contributed by atoms with Crippen LogP contribution in [-0.2, 0) is 32.6 Å². The number of benzene rings is 2. The Morgan fingerprint density at radius 3 is 2.21 bits per heavy atom. The number of carbonyl (C=O) groups excluding carboxylic acids is 2. The topological polar surface area (TPSA) is 86.8 Å². The van der Waals surface area contributed by atoms with Crippen molar-refractivity contribution in [1.82, 2.24) is 10.2 Å². The van der Waals surface area contributed by atoms with Gasteiger partial charge in [0, 0.05) is 18.1 Å². The smallest absolute Gasteiger partial charge is 0.244 e. The van der Waals surface area contributed by atoms with Crippen LogP contribution in [0.3, 0.4) is 0 Å². The number of nitrogens with zero attached hydrogens (tertiary/aromatic N) is 2. The minimum Gasteiger partial charge on any atom is -0.354 e. The van der Waals surface area contributed by atoms with Gasteiger partial charge in [-0.05, 0) is 54.7 Å². The lowest BCUT2D eigenvalue weighted by Crippen LogP contribution is -2.51. The highest BCUT2D eigenvalue weighted by molar-refractivity contribution is 7.92. The minimum atomic E-state index is -3.75. The average molecular weight is 508 g/mol. The van der Waals surface area contributed by atoms with Crippen molar-refractivity contribution in [2.75, 3.05) is 23.7 Å². The van der Waals surface area contributed by atoms with E-state index >= 15 is 0 Å². The number of hydrogen-bond acceptors (Lipinski definition) is 4. The number of sulfonamides is 1. The molecule has 2 aromatic rings. The molecule has 0 saturated carbocycles. The maximum atomic E-state index is 13.5. The van der Waals surface area contributed by atoms with Gasteiger partial charge in [-0.2, -0.15) is 0 Å². The highest BCUT2D eigenvalue weighted by Crippen LogP contribution is 2.20. The summed E-state index contributed by atoms with van der Waals surface area (Å²) < 4.78 is 26.2. The molecule has 0 fully saturated rings. The third-order valence-electron chi connectivity index (χ3n) is 5.41. The van der Waals surface area contributed by atoms with Crippen LogP contribution in [0.2, 0.25) is 5.02 Å². The first kappa shape index (κ1) is 27.7. The third kappa shape index (κ3) is 8.02. The Labute approximate surface area is 208 Å². The van der Waals surface area contributed by atoms with Crippen molar-refractivity contribution in [2.24, 2.45) is 5.92 Å². The van der Waals surface area contributed by atoms with Crippen molar-refractivity contribution in [3.05, 3.63) is 64.7 Å². The Morgan fingerprint density at radius 2 is 1.68 bits per heavy atom. The Balaban J connectivity index is 2.35. The molecule has 1 N–H and O–H groups in total. The normalized spacial score (nSPS) is 12.3. The molecule has 7 nitrogen and oxygen atoms in total. The first-order chi connectivity index (χ1) is 15.9. The van der Waals surface area contributed by atoms with Crippen LogP contribution in [0.5, 0.6) is 0 Å². The molecule has 1 atom stereocenters. The molecule has 0 aliphatic heterocycles. The summed E-state index contributed by atoms with van der Waals surface area (Å²) in [5, 5.41) is 3.36. The summed E-state index contributed by atoms with van der Waals surface area (Å²) >= 11 is 6.11. The summed E-state index contributed by atoms with van der Waals surface area (Å²) in [6.45, 7) is 7.77. The van der Waals surface area contributed by atoms with Crippen LogP contribution in [0.15, 0.2) is 48.5 Å². The summed E-state index contributed by atoms with van der Waals surface area (Å²) in [5.74, 6) is -0.542. The van der Waals surface area contributed by atoms with Crippen LogP contribution in [0.25, 0.3) is 0 Å². The second-order valence-corrected chi connectivity index (χ2v) is 11.1. The predicted octanol–water partition coefficient (Wildman–Crippen LogP) is 3.86. The molecule has 0 unspecified atom stereocenters. The highest BCUT2D eigenvalue weighted by atomic mass is 35.5. The van der Waals surface area contributed by atoms with Gasteiger partial charge in [-0.1, -0.05) is 56.6 Å². The second kappa shape index (κ2) is 12.2. The van der Waals surface area contributed by atoms with Crippen LogP contribution in [0.4, 0.5) is 5.69 Å². The molecule has 0 heterocycles. The molecule has 2 aromatic carbocycles. The van der Waals surface area contributed by atoms with Gasteiger partial charge in [0.25, 0.3) is 0 Å². The summed E-state index contributed by atoms with van der Waals surface area (Å²) in [6, 6.07) is 13.3. The molecule has 34 heavy (non-hydrogen) atoms. The van der Waals surface area contributed by atoms with Crippen LogP contribution in [-0.4, -0.2) is 50.5 Å². The van der Waals surface area contributed by atoms with E-state index in [0.717, 1.165) is 28.1 Å². The van der Waals surface area contributed by atoms with Crippen molar-refractivity contribution < 1.29 is 18.0 Å². The number of nitrogens with one attached hydrogen (secondary N) is 1. The average Bonchev–Trinajstić information content (AvgIpc) is 2.78. The van der Waals surface area contributed by atoms with E-state index in [-0.39, 0.29) is 18.4 Å². The molecule has 0 aromatic heterocycles. The van der Waals surface area contributed by atoms with E-state index in [4.69, 9.17) is 11.6 Å². The molecule has 0 aliphatic carbocycles. The SMILES string of the molecule is CCc1ccc(N(CC(=O)N(Cc2cccc(Cl)c2)[C@@H](C)C(=O)NCC(C)C)S(C)(=O)=O)cc1. The van der Waals surface area contributed by atoms with Crippen LogP contribution >= 0.6 is 11.6 Å². The van der Waals surface area contributed by atoms with E-state index in [1.807, 2.05) is 39.0 Å². The first-order valence-corrected chi connectivity index (χ1v) is 13.5. The fourth-order valence-corrected chi connectivity index (χ4v) is 4.44. The van der Waals surface area contributed by atoms with E-state index in [1.54, 1.807) is 37.3 Å².